The van der Waals surface area contributed by atoms with Crippen molar-refractivity contribution in [2.24, 2.45) is 4.99 Å². The van der Waals surface area contributed by atoms with E-state index in [2.05, 4.69) is 50.5 Å². The highest BCUT2D eigenvalue weighted by Gasteiger charge is 2.11. The molecule has 0 saturated heterocycles. The maximum Gasteiger partial charge on any atom is 0.128 e. The van der Waals surface area contributed by atoms with Crippen LogP contribution in [0.15, 0.2) is 58.0 Å². The lowest BCUT2D eigenvalue weighted by atomic mass is 10.1. The van der Waals surface area contributed by atoms with Crippen LogP contribution in [0.4, 0.5) is 0 Å². The summed E-state index contributed by atoms with van der Waals surface area (Å²) >= 11 is 3.44. The van der Waals surface area contributed by atoms with Crippen molar-refractivity contribution in [3.05, 3.63) is 69.7 Å². The maximum atomic E-state index is 5.85. The Bertz CT molecular complexity index is 637. The lowest BCUT2D eigenvalue weighted by Crippen LogP contribution is -2.21. The summed E-state index contributed by atoms with van der Waals surface area (Å²) in [5, 5.41) is 3.32. The van der Waals surface area contributed by atoms with Gasteiger partial charge in [-0.2, -0.15) is 0 Å². The van der Waals surface area contributed by atoms with E-state index in [1.807, 2.05) is 24.3 Å². The first-order chi connectivity index (χ1) is 10.3. The van der Waals surface area contributed by atoms with Gasteiger partial charge in [-0.3, -0.25) is 4.99 Å². The SMILES string of the molecule is Brc1ccc(COCc2ccccc2C2=NCCN2)cc1. The average Bonchev–Trinajstić information content (AvgIpc) is 3.04. The summed E-state index contributed by atoms with van der Waals surface area (Å²) in [5.41, 5.74) is 3.49. The minimum Gasteiger partial charge on any atom is -0.372 e. The molecule has 1 heterocycles. The molecule has 21 heavy (non-hydrogen) atoms. The number of amidine groups is 1. The van der Waals surface area contributed by atoms with E-state index in [4.69, 9.17) is 4.74 Å². The Labute approximate surface area is 133 Å². The summed E-state index contributed by atoms with van der Waals surface area (Å²) in [7, 11) is 0. The predicted octanol–water partition coefficient (Wildman–Crippen LogP) is 3.52. The van der Waals surface area contributed by atoms with E-state index in [0.29, 0.717) is 13.2 Å². The molecule has 0 unspecified atom stereocenters. The van der Waals surface area contributed by atoms with E-state index in [1.54, 1.807) is 0 Å². The number of halogens is 1. The molecular weight excluding hydrogens is 328 g/mol. The molecule has 0 aromatic heterocycles. The Hall–Kier alpha value is -1.65. The van der Waals surface area contributed by atoms with E-state index >= 15 is 0 Å². The third-order valence-corrected chi connectivity index (χ3v) is 3.91. The molecule has 1 N–H and O–H groups in total. The molecule has 3 rings (SSSR count). The third-order valence-electron chi connectivity index (χ3n) is 3.39. The highest BCUT2D eigenvalue weighted by Crippen LogP contribution is 2.15. The standard InChI is InChI=1S/C17H17BrN2O/c18-15-7-5-13(6-8-15)11-21-12-14-3-1-2-4-16(14)17-19-9-10-20-17/h1-8H,9-12H2,(H,19,20). The molecule has 0 spiro atoms. The number of rotatable bonds is 5. The van der Waals surface area contributed by atoms with E-state index in [-0.39, 0.29) is 0 Å². The zero-order valence-electron chi connectivity index (χ0n) is 11.7. The number of nitrogens with zero attached hydrogens (tertiary/aromatic N) is 1. The fraction of sp³-hybridized carbons (Fsp3) is 0.235. The number of hydrogen-bond acceptors (Lipinski definition) is 3. The highest BCUT2D eigenvalue weighted by atomic mass is 79.9. The number of benzene rings is 2. The zero-order chi connectivity index (χ0) is 14.5. The molecule has 1 aliphatic rings. The normalized spacial score (nSPS) is 13.9. The van der Waals surface area contributed by atoms with Crippen LogP contribution in [0.2, 0.25) is 0 Å². The lowest BCUT2D eigenvalue weighted by molar-refractivity contribution is 0.107. The molecule has 2 aromatic rings. The molecular formula is C17H17BrN2O. The molecule has 3 nitrogen and oxygen atoms in total. The van der Waals surface area contributed by atoms with Crippen LogP contribution in [-0.4, -0.2) is 18.9 Å². The monoisotopic (exact) mass is 344 g/mol. The summed E-state index contributed by atoms with van der Waals surface area (Å²) in [5.74, 6) is 0.984. The number of ether oxygens (including phenoxy) is 1. The van der Waals surface area contributed by atoms with Crippen LogP contribution in [-0.2, 0) is 18.0 Å². The highest BCUT2D eigenvalue weighted by molar-refractivity contribution is 9.10. The van der Waals surface area contributed by atoms with Crippen molar-refractivity contribution in [2.75, 3.05) is 13.1 Å². The first kappa shape index (κ1) is 14.3. The topological polar surface area (TPSA) is 33.6 Å². The summed E-state index contributed by atoms with van der Waals surface area (Å²) < 4.78 is 6.93. The number of hydrogen-bond donors (Lipinski definition) is 1. The van der Waals surface area contributed by atoms with Gasteiger partial charge in [-0.05, 0) is 23.3 Å². The second-order valence-electron chi connectivity index (χ2n) is 4.93. The van der Waals surface area contributed by atoms with Crippen molar-refractivity contribution in [1.82, 2.24) is 5.32 Å². The Balaban J connectivity index is 1.64. The average molecular weight is 345 g/mol. The maximum absolute atomic E-state index is 5.85. The van der Waals surface area contributed by atoms with Gasteiger partial charge in [0.15, 0.2) is 0 Å². The fourth-order valence-electron chi connectivity index (χ4n) is 2.31. The van der Waals surface area contributed by atoms with Crippen LogP contribution in [0.1, 0.15) is 16.7 Å². The lowest BCUT2D eigenvalue weighted by Gasteiger charge is -2.10. The molecule has 0 aliphatic carbocycles. The Kier molecular flexibility index (Phi) is 4.68. The van der Waals surface area contributed by atoms with Gasteiger partial charge in [-0.25, -0.2) is 0 Å². The first-order valence-corrected chi connectivity index (χ1v) is 7.81. The van der Waals surface area contributed by atoms with Crippen LogP contribution in [0.3, 0.4) is 0 Å². The molecule has 4 heteroatoms. The smallest absolute Gasteiger partial charge is 0.128 e. The van der Waals surface area contributed by atoms with Crippen LogP contribution in [0.5, 0.6) is 0 Å². The minimum atomic E-state index is 0.590. The van der Waals surface area contributed by atoms with Gasteiger partial charge in [0.25, 0.3) is 0 Å². The van der Waals surface area contributed by atoms with Crippen molar-refractivity contribution in [3.8, 4) is 0 Å². The second-order valence-corrected chi connectivity index (χ2v) is 5.85. The van der Waals surface area contributed by atoms with Crippen molar-refractivity contribution < 1.29 is 4.74 Å². The van der Waals surface area contributed by atoms with Gasteiger partial charge < -0.3 is 10.1 Å². The van der Waals surface area contributed by atoms with Crippen molar-refractivity contribution in [1.29, 1.82) is 0 Å². The van der Waals surface area contributed by atoms with Crippen molar-refractivity contribution >= 4 is 21.8 Å². The van der Waals surface area contributed by atoms with Crippen molar-refractivity contribution in [2.45, 2.75) is 13.2 Å². The molecule has 0 saturated carbocycles. The van der Waals surface area contributed by atoms with Gasteiger partial charge in [0.1, 0.15) is 5.84 Å². The fourth-order valence-corrected chi connectivity index (χ4v) is 2.58. The number of aliphatic imine (C=N–C) groups is 1. The second kappa shape index (κ2) is 6.87. The summed E-state index contributed by atoms with van der Waals surface area (Å²) in [6.45, 7) is 2.97. The van der Waals surface area contributed by atoms with E-state index in [0.717, 1.165) is 29.0 Å². The quantitative estimate of drug-likeness (QED) is 0.900. The minimum absolute atomic E-state index is 0.590. The van der Waals surface area contributed by atoms with Gasteiger partial charge in [0.2, 0.25) is 0 Å². The van der Waals surface area contributed by atoms with Gasteiger partial charge in [-0.1, -0.05) is 52.3 Å². The first-order valence-electron chi connectivity index (χ1n) is 7.02. The molecule has 0 radical (unpaired) electrons. The van der Waals surface area contributed by atoms with Gasteiger partial charge in [0, 0.05) is 16.6 Å². The summed E-state index contributed by atoms with van der Waals surface area (Å²) in [4.78, 5) is 4.49. The van der Waals surface area contributed by atoms with Crippen LogP contribution >= 0.6 is 15.9 Å². The molecule has 108 valence electrons. The Morgan fingerprint density at radius 3 is 2.62 bits per heavy atom. The summed E-state index contributed by atoms with van der Waals surface area (Å²) in [6, 6.07) is 16.5. The Morgan fingerprint density at radius 1 is 1.05 bits per heavy atom. The van der Waals surface area contributed by atoms with E-state index < -0.39 is 0 Å². The molecule has 0 atom stereocenters. The predicted molar refractivity (Wildman–Crippen MR) is 88.5 cm³/mol. The summed E-state index contributed by atoms with van der Waals surface area (Å²) in [6.07, 6.45) is 0. The zero-order valence-corrected chi connectivity index (χ0v) is 13.3. The molecule has 0 amide bonds. The van der Waals surface area contributed by atoms with Crippen LogP contribution in [0, 0.1) is 0 Å². The molecule has 0 bridgehead atoms. The van der Waals surface area contributed by atoms with Gasteiger partial charge in [0.05, 0.1) is 19.8 Å². The molecule has 2 aromatic carbocycles. The van der Waals surface area contributed by atoms with Gasteiger partial charge in [-0.15, -0.1) is 0 Å². The Morgan fingerprint density at radius 2 is 1.86 bits per heavy atom. The molecule has 0 fully saturated rings. The van der Waals surface area contributed by atoms with E-state index in [1.165, 1.54) is 11.1 Å². The number of nitrogens with one attached hydrogen (secondary N) is 1. The largest absolute Gasteiger partial charge is 0.372 e. The van der Waals surface area contributed by atoms with Crippen LogP contribution in [0.25, 0.3) is 0 Å². The molecule has 1 aliphatic heterocycles. The van der Waals surface area contributed by atoms with Crippen molar-refractivity contribution in [3.63, 3.8) is 0 Å². The van der Waals surface area contributed by atoms with Gasteiger partial charge >= 0.3 is 0 Å². The van der Waals surface area contributed by atoms with Crippen LogP contribution < -0.4 is 5.32 Å². The van der Waals surface area contributed by atoms with E-state index in [9.17, 15) is 0 Å². The third kappa shape index (κ3) is 3.71.